The molecule has 10 nitrogen and oxygen atoms in total. The minimum Gasteiger partial charge on any atom is -0.452 e. The number of esters is 1. The Bertz CT molecular complexity index is 1130. The molecule has 0 radical (unpaired) electrons. The average molecular weight is 420 g/mol. The lowest BCUT2D eigenvalue weighted by Crippen LogP contribution is -2.24. The van der Waals surface area contributed by atoms with Gasteiger partial charge in [0.2, 0.25) is 5.91 Å². The number of nitrogens with zero attached hydrogens (tertiary/aromatic N) is 2. The second kappa shape index (κ2) is 8.87. The minimum absolute atomic E-state index is 0.163. The lowest BCUT2D eigenvalue weighted by Gasteiger charge is -2.08. The standard InChI is InChI=1S/C21H16N4O6/c1-25-19(28)15-7-6-14(10-16(15)20(25)29)24-18(27)11-31-21(30)12-2-4-13(5-3-12)23-17(26)8-9-22/h2-7,10H,8,11H2,1H3,(H,23,26)(H,24,27). The molecule has 3 rings (SSSR count). The molecule has 0 spiro atoms. The molecule has 2 aromatic carbocycles. The summed E-state index contributed by atoms with van der Waals surface area (Å²) in [6.45, 7) is -0.566. The minimum atomic E-state index is -0.749. The summed E-state index contributed by atoms with van der Waals surface area (Å²) in [5.74, 6) is -2.73. The smallest absolute Gasteiger partial charge is 0.338 e. The highest BCUT2D eigenvalue weighted by molar-refractivity contribution is 6.21. The molecule has 0 unspecified atom stereocenters. The largest absolute Gasteiger partial charge is 0.452 e. The summed E-state index contributed by atoms with van der Waals surface area (Å²) in [7, 11) is 1.37. The van der Waals surface area contributed by atoms with Crippen molar-refractivity contribution in [3.05, 3.63) is 59.2 Å². The molecule has 31 heavy (non-hydrogen) atoms. The van der Waals surface area contributed by atoms with E-state index < -0.39 is 36.2 Å². The van der Waals surface area contributed by atoms with Crippen LogP contribution in [0.2, 0.25) is 0 Å². The normalized spacial score (nSPS) is 12.1. The molecule has 0 fully saturated rings. The number of hydrogen-bond donors (Lipinski definition) is 2. The summed E-state index contributed by atoms with van der Waals surface area (Å²) in [4.78, 5) is 60.4. The van der Waals surface area contributed by atoms with Crippen molar-refractivity contribution in [2.75, 3.05) is 24.3 Å². The van der Waals surface area contributed by atoms with Crippen molar-refractivity contribution in [3.8, 4) is 6.07 Å². The molecule has 0 saturated carbocycles. The van der Waals surface area contributed by atoms with E-state index in [1.54, 1.807) is 6.07 Å². The van der Waals surface area contributed by atoms with Crippen LogP contribution in [-0.4, -0.2) is 48.2 Å². The van der Waals surface area contributed by atoms with Gasteiger partial charge in [-0.05, 0) is 42.5 Å². The zero-order valence-electron chi connectivity index (χ0n) is 16.3. The number of carbonyl (C=O) groups excluding carboxylic acids is 5. The Hall–Kier alpha value is -4.52. The van der Waals surface area contributed by atoms with Gasteiger partial charge in [0.25, 0.3) is 17.7 Å². The Morgan fingerprint density at radius 3 is 2.23 bits per heavy atom. The molecule has 0 bridgehead atoms. The quantitative estimate of drug-likeness (QED) is 0.533. The number of amides is 4. The fourth-order valence-electron chi connectivity index (χ4n) is 2.82. The van der Waals surface area contributed by atoms with Crippen molar-refractivity contribution >= 4 is 41.0 Å². The van der Waals surface area contributed by atoms with E-state index in [1.807, 2.05) is 0 Å². The van der Waals surface area contributed by atoms with Crippen molar-refractivity contribution in [2.45, 2.75) is 6.42 Å². The monoisotopic (exact) mass is 420 g/mol. The zero-order valence-corrected chi connectivity index (χ0v) is 16.3. The summed E-state index contributed by atoms with van der Waals surface area (Å²) in [5, 5.41) is 13.5. The number of benzene rings is 2. The first-order valence-electron chi connectivity index (χ1n) is 9.00. The number of ether oxygens (including phenoxy) is 1. The summed E-state index contributed by atoms with van der Waals surface area (Å²) in [6, 6.07) is 11.8. The van der Waals surface area contributed by atoms with E-state index in [2.05, 4.69) is 10.6 Å². The number of carbonyl (C=O) groups is 5. The van der Waals surface area contributed by atoms with Gasteiger partial charge in [0, 0.05) is 18.4 Å². The van der Waals surface area contributed by atoms with Gasteiger partial charge in [-0.15, -0.1) is 0 Å². The first-order valence-corrected chi connectivity index (χ1v) is 9.00. The lowest BCUT2D eigenvalue weighted by molar-refractivity contribution is -0.119. The topological polar surface area (TPSA) is 146 Å². The Labute approximate surface area is 176 Å². The molecular weight excluding hydrogens is 404 g/mol. The average Bonchev–Trinajstić information content (AvgIpc) is 2.96. The molecule has 1 heterocycles. The van der Waals surface area contributed by atoms with Crippen LogP contribution < -0.4 is 10.6 Å². The van der Waals surface area contributed by atoms with Crippen molar-refractivity contribution < 1.29 is 28.7 Å². The highest BCUT2D eigenvalue weighted by Crippen LogP contribution is 2.24. The Balaban J connectivity index is 1.54. The third-order valence-corrected chi connectivity index (χ3v) is 4.35. The van der Waals surface area contributed by atoms with E-state index in [-0.39, 0.29) is 28.8 Å². The predicted octanol–water partition coefficient (Wildman–Crippen LogP) is 1.56. The molecule has 156 valence electrons. The van der Waals surface area contributed by atoms with Crippen LogP contribution in [0.1, 0.15) is 37.5 Å². The highest BCUT2D eigenvalue weighted by atomic mass is 16.5. The SMILES string of the molecule is CN1C(=O)c2ccc(NC(=O)COC(=O)c3ccc(NC(=O)CC#N)cc3)cc2C1=O. The Morgan fingerprint density at radius 2 is 1.55 bits per heavy atom. The molecule has 1 aliphatic heterocycles. The van der Waals surface area contributed by atoms with E-state index >= 15 is 0 Å². The molecule has 10 heteroatoms. The van der Waals surface area contributed by atoms with Gasteiger partial charge in [0.15, 0.2) is 6.61 Å². The van der Waals surface area contributed by atoms with Crippen LogP contribution in [-0.2, 0) is 14.3 Å². The zero-order chi connectivity index (χ0) is 22.5. The molecule has 2 N–H and O–H groups in total. The maximum absolute atomic E-state index is 12.1. The molecule has 1 aliphatic rings. The van der Waals surface area contributed by atoms with Gasteiger partial charge in [-0.2, -0.15) is 5.26 Å². The number of fused-ring (bicyclic) bond motifs is 1. The highest BCUT2D eigenvalue weighted by Gasteiger charge is 2.32. The molecule has 0 atom stereocenters. The molecule has 2 aromatic rings. The third-order valence-electron chi connectivity index (χ3n) is 4.35. The third kappa shape index (κ3) is 4.73. The van der Waals surface area contributed by atoms with Gasteiger partial charge < -0.3 is 15.4 Å². The van der Waals surface area contributed by atoms with E-state index in [0.717, 1.165) is 4.90 Å². The summed E-state index contributed by atoms with van der Waals surface area (Å²) >= 11 is 0. The summed E-state index contributed by atoms with van der Waals surface area (Å²) in [6.07, 6.45) is -0.287. The Morgan fingerprint density at radius 1 is 0.935 bits per heavy atom. The molecule has 0 aromatic heterocycles. The van der Waals surface area contributed by atoms with Gasteiger partial charge >= 0.3 is 5.97 Å². The molecule has 4 amide bonds. The van der Waals surface area contributed by atoms with Gasteiger partial charge in [-0.3, -0.25) is 24.1 Å². The van der Waals surface area contributed by atoms with Crippen LogP contribution in [0, 0.1) is 11.3 Å². The fourth-order valence-corrected chi connectivity index (χ4v) is 2.82. The molecule has 0 aliphatic carbocycles. The number of rotatable bonds is 6. The second-order valence-electron chi connectivity index (χ2n) is 6.51. The fraction of sp³-hybridized carbons (Fsp3) is 0.143. The summed E-state index contributed by atoms with van der Waals surface area (Å²) < 4.78 is 4.96. The van der Waals surface area contributed by atoms with E-state index in [0.29, 0.717) is 5.69 Å². The van der Waals surface area contributed by atoms with Crippen LogP contribution >= 0.6 is 0 Å². The van der Waals surface area contributed by atoms with Crippen LogP contribution in [0.4, 0.5) is 11.4 Å². The van der Waals surface area contributed by atoms with Crippen LogP contribution in [0.5, 0.6) is 0 Å². The lowest BCUT2D eigenvalue weighted by atomic mass is 10.1. The molecule has 0 saturated heterocycles. The Kier molecular flexibility index (Phi) is 6.07. The number of anilines is 2. The second-order valence-corrected chi connectivity index (χ2v) is 6.51. The van der Waals surface area contributed by atoms with E-state index in [4.69, 9.17) is 10.00 Å². The van der Waals surface area contributed by atoms with Crippen molar-refractivity contribution in [1.82, 2.24) is 4.90 Å². The van der Waals surface area contributed by atoms with Gasteiger partial charge in [-0.25, -0.2) is 4.79 Å². The molecular formula is C21H16N4O6. The first-order chi connectivity index (χ1) is 14.8. The number of nitrogens with one attached hydrogen (secondary N) is 2. The van der Waals surface area contributed by atoms with Crippen molar-refractivity contribution in [2.24, 2.45) is 0 Å². The maximum Gasteiger partial charge on any atom is 0.338 e. The number of imide groups is 1. The van der Waals surface area contributed by atoms with Crippen molar-refractivity contribution in [1.29, 1.82) is 5.26 Å². The number of nitriles is 1. The number of hydrogen-bond acceptors (Lipinski definition) is 7. The van der Waals surface area contributed by atoms with Gasteiger partial charge in [-0.1, -0.05) is 0 Å². The van der Waals surface area contributed by atoms with E-state index in [9.17, 15) is 24.0 Å². The van der Waals surface area contributed by atoms with Gasteiger partial charge in [0.05, 0.1) is 22.8 Å². The van der Waals surface area contributed by atoms with Crippen LogP contribution in [0.15, 0.2) is 42.5 Å². The van der Waals surface area contributed by atoms with Crippen LogP contribution in [0.25, 0.3) is 0 Å². The predicted molar refractivity (Wildman–Crippen MR) is 107 cm³/mol. The maximum atomic E-state index is 12.1. The van der Waals surface area contributed by atoms with Crippen molar-refractivity contribution in [3.63, 3.8) is 0 Å². The van der Waals surface area contributed by atoms with Crippen LogP contribution in [0.3, 0.4) is 0 Å². The van der Waals surface area contributed by atoms with Gasteiger partial charge in [0.1, 0.15) is 6.42 Å². The first kappa shape index (κ1) is 21.2. The summed E-state index contributed by atoms with van der Waals surface area (Å²) in [5.41, 5.74) is 1.29. The van der Waals surface area contributed by atoms with E-state index in [1.165, 1.54) is 49.5 Å².